The van der Waals surface area contributed by atoms with Crippen molar-refractivity contribution in [3.05, 3.63) is 30.3 Å². The first kappa shape index (κ1) is 112. The molecule has 10 fully saturated rings. The molecule has 10 aliphatic heterocycles. The Morgan fingerprint density at radius 1 is 0.407 bits per heavy atom. The predicted octanol–water partition coefficient (Wildman–Crippen LogP) is 8.98. The van der Waals surface area contributed by atoms with Gasteiger partial charge in [0.05, 0.1) is 96.9 Å². The number of aliphatic hydroxyl groups is 2. The molecule has 10 heterocycles. The first-order valence-corrected chi connectivity index (χ1v) is 48.1. The molecule has 35 heteroatoms. The number of anilines is 1. The van der Waals surface area contributed by atoms with Crippen LogP contribution in [-0.4, -0.2) is 483 Å². The van der Waals surface area contributed by atoms with Crippen LogP contribution in [0.5, 0.6) is 0 Å². The molecular formula is C88H168F9N17O8S. The van der Waals surface area contributed by atoms with Crippen LogP contribution >= 0.6 is 0 Å². The molecule has 10 aliphatic rings. The summed E-state index contributed by atoms with van der Waals surface area (Å²) in [7, 11) is 17.3. The summed E-state index contributed by atoms with van der Waals surface area (Å²) in [5, 5.41) is 28.7. The highest BCUT2D eigenvalue weighted by Gasteiger charge is 2.42. The fourth-order valence-corrected chi connectivity index (χ4v) is 18.7. The zero-order valence-electron chi connectivity index (χ0n) is 78.4. The number of nitriles is 1. The number of hydroxylamine groups is 2. The number of aliphatic hydroxyl groups excluding tert-OH is 2. The van der Waals surface area contributed by atoms with E-state index in [0.29, 0.717) is 69.5 Å². The number of ether oxygens (including phenoxy) is 3. The fraction of sp³-hybridized carbons (Fsp3) is 0.920. The van der Waals surface area contributed by atoms with Gasteiger partial charge in [0, 0.05) is 113 Å². The number of likely N-dealkylation sites (N-methyl/N-ethyl adjacent to an activating group) is 1. The van der Waals surface area contributed by atoms with Crippen LogP contribution in [0.15, 0.2) is 30.3 Å². The number of para-hydroxylation sites is 1. The summed E-state index contributed by atoms with van der Waals surface area (Å²) in [6.07, 6.45) is 6.64. The second-order valence-corrected chi connectivity index (χ2v) is 37.9. The second kappa shape index (κ2) is 60.9. The minimum atomic E-state index is -4.18. The molecule has 11 rings (SSSR count). The van der Waals surface area contributed by atoms with E-state index in [1.807, 2.05) is 27.2 Å². The summed E-state index contributed by atoms with van der Waals surface area (Å²) < 4.78 is 150. The molecule has 10 saturated heterocycles. The van der Waals surface area contributed by atoms with Crippen LogP contribution < -0.4 is 4.90 Å². The van der Waals surface area contributed by atoms with Crippen LogP contribution in [0.2, 0.25) is 0 Å². The van der Waals surface area contributed by atoms with Gasteiger partial charge in [-0.2, -0.15) is 49.8 Å². The number of likely N-dealkylation sites (tertiary alicyclic amines) is 8. The Labute approximate surface area is 737 Å². The topological polar surface area (TPSA) is 187 Å². The number of sulfone groups is 1. The van der Waals surface area contributed by atoms with Crippen molar-refractivity contribution in [2.45, 2.75) is 216 Å². The van der Waals surface area contributed by atoms with Crippen molar-refractivity contribution >= 4 is 15.5 Å². The Balaban J connectivity index is 0.000000296. The van der Waals surface area contributed by atoms with Crippen LogP contribution in [0, 0.1) is 11.3 Å². The fourth-order valence-electron chi connectivity index (χ4n) is 18.1. The largest absolute Gasteiger partial charge is 0.401 e. The van der Waals surface area contributed by atoms with Gasteiger partial charge in [0.2, 0.25) is 0 Å². The van der Waals surface area contributed by atoms with Crippen LogP contribution in [0.4, 0.5) is 45.2 Å². The van der Waals surface area contributed by atoms with Gasteiger partial charge in [-0.05, 0) is 296 Å². The van der Waals surface area contributed by atoms with Crippen LogP contribution in [0.1, 0.15) is 137 Å². The van der Waals surface area contributed by atoms with E-state index in [1.165, 1.54) is 126 Å². The summed E-state index contributed by atoms with van der Waals surface area (Å²) in [6.45, 7) is 33.4. The lowest BCUT2D eigenvalue weighted by atomic mass is 10.0. The summed E-state index contributed by atoms with van der Waals surface area (Å²) >= 11 is 0. The minimum absolute atomic E-state index is 0.0305. The van der Waals surface area contributed by atoms with Gasteiger partial charge in [-0.15, -0.1) is 0 Å². The van der Waals surface area contributed by atoms with E-state index in [9.17, 15) is 53.0 Å². The number of rotatable bonds is 31. The molecule has 0 bridgehead atoms. The van der Waals surface area contributed by atoms with E-state index in [0.717, 1.165) is 169 Å². The normalized spacial score (nSPS) is 21.6. The van der Waals surface area contributed by atoms with Gasteiger partial charge in [-0.25, -0.2) is 8.42 Å². The van der Waals surface area contributed by atoms with Crippen LogP contribution in [0.3, 0.4) is 0 Å². The Bertz CT molecular complexity index is 2920. The average molecular weight is 1800 g/mol. The lowest BCUT2D eigenvalue weighted by Crippen LogP contribution is -2.58. The van der Waals surface area contributed by atoms with Gasteiger partial charge in [-0.1, -0.05) is 45.9 Å². The zero-order chi connectivity index (χ0) is 91.1. The second-order valence-electron chi connectivity index (χ2n) is 35.6. The highest BCUT2D eigenvalue weighted by Crippen LogP contribution is 2.30. The highest BCUT2D eigenvalue weighted by atomic mass is 32.2. The lowest BCUT2D eigenvalue weighted by Gasteiger charge is -2.44. The lowest BCUT2D eigenvalue weighted by molar-refractivity contribution is -0.180. The molecule has 0 radical (unpaired) electrons. The van der Waals surface area contributed by atoms with Crippen molar-refractivity contribution in [1.29, 1.82) is 5.26 Å². The third-order valence-corrected chi connectivity index (χ3v) is 27.0. The molecule has 1 aromatic carbocycles. The van der Waals surface area contributed by atoms with Crippen molar-refractivity contribution in [2.75, 3.05) is 317 Å². The molecule has 123 heavy (non-hydrogen) atoms. The summed E-state index contributed by atoms with van der Waals surface area (Å²) in [5.74, 6) is 0.285. The number of benzene rings is 1. The smallest absolute Gasteiger partial charge is 0.395 e. The van der Waals surface area contributed by atoms with E-state index in [4.69, 9.17) is 29.4 Å². The van der Waals surface area contributed by atoms with Crippen molar-refractivity contribution in [3.63, 3.8) is 0 Å². The van der Waals surface area contributed by atoms with Gasteiger partial charge < -0.3 is 73.4 Å². The minimum Gasteiger partial charge on any atom is -0.395 e. The molecule has 2 N–H and O–H groups in total. The van der Waals surface area contributed by atoms with Gasteiger partial charge >= 0.3 is 18.5 Å². The quantitative estimate of drug-likeness (QED) is 0.0529. The highest BCUT2D eigenvalue weighted by molar-refractivity contribution is 7.90. The molecule has 0 atom stereocenters. The van der Waals surface area contributed by atoms with Gasteiger partial charge in [0.25, 0.3) is 0 Å². The molecule has 722 valence electrons. The number of hydrogen-bond acceptors (Lipinski definition) is 25. The van der Waals surface area contributed by atoms with Gasteiger partial charge in [-0.3, -0.25) is 29.4 Å². The number of methoxy groups -OCH3 is 1. The molecule has 0 aliphatic carbocycles. The number of nitrogens with zero attached hydrogens (tertiary/aromatic N) is 17. The molecule has 25 nitrogen and oxygen atoms in total. The molecule has 1 aromatic rings. The Morgan fingerprint density at radius 2 is 0.724 bits per heavy atom. The first-order valence-electron chi connectivity index (χ1n) is 46.1. The number of halogens is 9. The standard InChI is InChI=1S/C14H22N2O.C11H19F3N2O.C11H21F3N2O.C11H21N3.C11H24N2O2S.C11H22N2O.C10H19F3N2O.C9H20N2O/c1-15-9-7-14(8-10-15)16(11-12-17)13-5-3-2-4-6-13;1-15-4-2-9(3-5-15)16(8-11(12,13)14)10-6-17-7-10;1-15-5-3-10(4-6-15)16(7-8-17-2)9-11(12,13)14;1-3-14(8-4-7-12)11-5-9-13(2)10-6-11;1-4-13(9-10-16(3,14)15)11-5-7-12(2)8-6-11;1-3-13(11-8-14-9-11)10-4-6-12(2)7-5-10;1-14-4-2-9(3-5-14)15(6-7-16)8-10(11,12)13;1-4-11(12-3)9-5-7-10(2)8-6-9/h2-6,14,17H,7-12H2,1H3;9-10H,2-8H2,1H3;10H,3-9H2,1-2H3;11H,3-6,8-10H2,1-2H3;11H,4-10H2,1-3H3;10-11H,3-9H2,1-2H3;9,16H,2-8H2,1H3;9H,4-8H2,1-3H3. The summed E-state index contributed by atoms with van der Waals surface area (Å²) in [5.41, 5.74) is 1.23. The number of alkyl halides is 9. The monoisotopic (exact) mass is 1790 g/mol. The van der Waals surface area contributed by atoms with Crippen LogP contribution in [0.25, 0.3) is 0 Å². The maximum absolute atomic E-state index is 12.6. The number of hydrogen-bond donors (Lipinski definition) is 2. The van der Waals surface area contributed by atoms with E-state index in [1.54, 1.807) is 12.0 Å². The van der Waals surface area contributed by atoms with Crippen molar-refractivity contribution in [3.8, 4) is 6.07 Å². The van der Waals surface area contributed by atoms with Crippen molar-refractivity contribution < 1.29 is 77.2 Å². The molecule has 0 spiro atoms. The third kappa shape index (κ3) is 47.1. The maximum Gasteiger partial charge on any atom is 0.401 e. The molecular weight excluding hydrogens is 1630 g/mol. The Kier molecular flexibility index (Phi) is 55.6. The SMILES string of the molecule is CCN(C1CCN(C)CC1)C1COC1.CCN(CCC#N)C1CCN(C)CC1.CCN(CCS(C)(=O)=O)C1CCN(C)CC1.CCN(OC)C1CCN(C)CC1.CN1CCC(N(CC(F)(F)F)C2COC2)CC1.CN1CCC(N(CCO)CC(F)(F)F)CC1.CN1CCC(N(CCO)c2ccccc2)CC1.COCCN(CC(F)(F)F)C1CCN(C)CC1. The zero-order valence-corrected chi connectivity index (χ0v) is 79.2. The van der Waals surface area contributed by atoms with E-state index in [-0.39, 0.29) is 49.7 Å². The van der Waals surface area contributed by atoms with E-state index < -0.39 is 48.0 Å². The first-order chi connectivity index (χ1) is 58.4. The van der Waals surface area contributed by atoms with E-state index >= 15 is 0 Å². The van der Waals surface area contributed by atoms with Gasteiger partial charge in [0.15, 0.2) is 0 Å². The van der Waals surface area contributed by atoms with Crippen molar-refractivity contribution in [1.82, 2.24) is 73.7 Å². The van der Waals surface area contributed by atoms with Crippen molar-refractivity contribution in [2.24, 2.45) is 0 Å². The predicted molar refractivity (Wildman–Crippen MR) is 477 cm³/mol. The summed E-state index contributed by atoms with van der Waals surface area (Å²) in [4.78, 5) is 37.9. The Morgan fingerprint density at radius 3 is 1.02 bits per heavy atom. The maximum atomic E-state index is 12.6. The Hall–Kier alpha value is -3.01. The molecule has 0 aromatic heterocycles. The molecule has 0 amide bonds. The van der Waals surface area contributed by atoms with Gasteiger partial charge in [0.1, 0.15) is 9.84 Å². The van der Waals surface area contributed by atoms with E-state index in [2.05, 4.69) is 157 Å². The third-order valence-electron chi connectivity index (χ3n) is 26.0. The summed E-state index contributed by atoms with van der Waals surface area (Å²) in [6, 6.07) is 16.7. The molecule has 0 unspecified atom stereocenters. The number of piperidine rings is 8. The molecule has 0 saturated carbocycles. The average Bonchev–Trinajstić information content (AvgIpc) is 0.814. The van der Waals surface area contributed by atoms with Crippen LogP contribution in [-0.2, 0) is 28.9 Å².